The molecule has 0 spiro atoms. The Morgan fingerprint density at radius 2 is 1.74 bits per heavy atom. The average molecular weight is 471 g/mol. The molecule has 3 heterocycles. The molecule has 0 bridgehead atoms. The van der Waals surface area contributed by atoms with Crippen LogP contribution in [0, 0.1) is 6.92 Å². The monoisotopic (exact) mass is 469 g/mol. The van der Waals surface area contributed by atoms with Crippen molar-refractivity contribution in [3.8, 4) is 40.0 Å². The normalized spacial score (nSPS) is 11.2. The lowest BCUT2D eigenvalue weighted by Gasteiger charge is -2.11. The van der Waals surface area contributed by atoms with Crippen LogP contribution in [-0.4, -0.2) is 25.0 Å². The molecule has 9 heteroatoms. The number of halogens is 3. The van der Waals surface area contributed by atoms with Gasteiger partial charge >= 0.3 is 0 Å². The van der Waals surface area contributed by atoms with Gasteiger partial charge in [-0.15, -0.1) is 0 Å². The van der Waals surface area contributed by atoms with Gasteiger partial charge in [0, 0.05) is 21.2 Å². The zero-order valence-electron chi connectivity index (χ0n) is 16.1. The van der Waals surface area contributed by atoms with Crippen LogP contribution in [-0.2, 0) is 0 Å². The summed E-state index contributed by atoms with van der Waals surface area (Å²) in [6.45, 7) is 1.97. The molecule has 0 amide bonds. The minimum Gasteiger partial charge on any atom is -0.461 e. The number of benzene rings is 2. The molecule has 0 unspecified atom stereocenters. The summed E-state index contributed by atoms with van der Waals surface area (Å²) in [4.78, 5) is 4.56. The molecule has 0 aliphatic rings. The Morgan fingerprint density at radius 1 is 0.968 bits per heavy atom. The summed E-state index contributed by atoms with van der Waals surface area (Å²) in [5.41, 5.74) is 3.96. The fourth-order valence-electron chi connectivity index (χ4n) is 3.37. The van der Waals surface area contributed by atoms with Crippen LogP contribution in [0.4, 0.5) is 0 Å². The van der Waals surface area contributed by atoms with Gasteiger partial charge in [-0.2, -0.15) is 10.2 Å². The minimum absolute atomic E-state index is 0.447. The van der Waals surface area contributed by atoms with Gasteiger partial charge < -0.3 is 4.42 Å². The van der Waals surface area contributed by atoms with Crippen molar-refractivity contribution in [3.63, 3.8) is 0 Å². The Hall–Kier alpha value is -3.06. The summed E-state index contributed by atoms with van der Waals surface area (Å²) in [6, 6.07) is 16.4. The molecule has 5 aromatic rings. The predicted octanol–water partition coefficient (Wildman–Crippen LogP) is 6.85. The molecule has 0 saturated heterocycles. The van der Waals surface area contributed by atoms with Crippen molar-refractivity contribution < 1.29 is 4.42 Å². The van der Waals surface area contributed by atoms with Crippen LogP contribution in [0.2, 0.25) is 15.1 Å². The van der Waals surface area contributed by atoms with Crippen molar-refractivity contribution in [2.45, 2.75) is 6.92 Å². The summed E-state index contributed by atoms with van der Waals surface area (Å²) in [5.74, 6) is 1.56. The van der Waals surface area contributed by atoms with Crippen molar-refractivity contribution in [2.24, 2.45) is 0 Å². The number of hydrogen-bond donors (Lipinski definition) is 1. The van der Waals surface area contributed by atoms with Crippen LogP contribution in [0.5, 0.6) is 0 Å². The number of aromatic nitrogens is 5. The molecule has 0 atom stereocenters. The van der Waals surface area contributed by atoms with E-state index in [-0.39, 0.29) is 0 Å². The highest BCUT2D eigenvalue weighted by atomic mass is 35.5. The van der Waals surface area contributed by atoms with E-state index < -0.39 is 0 Å². The summed E-state index contributed by atoms with van der Waals surface area (Å²) in [6.07, 6.45) is 1.58. The molecule has 0 radical (unpaired) electrons. The molecular weight excluding hydrogens is 457 g/mol. The zero-order valence-corrected chi connectivity index (χ0v) is 18.4. The zero-order chi connectivity index (χ0) is 21.5. The van der Waals surface area contributed by atoms with E-state index in [2.05, 4.69) is 15.2 Å². The molecule has 1 N–H and O–H groups in total. The molecule has 0 aliphatic heterocycles. The SMILES string of the molecule is Cc1c(-c2n[nH]c(-c3ccco3)n2)nn(-c2ccc(Cl)cc2Cl)c1-c1ccc(Cl)cc1. The van der Waals surface area contributed by atoms with Crippen LogP contribution >= 0.6 is 34.8 Å². The van der Waals surface area contributed by atoms with Gasteiger partial charge in [0.25, 0.3) is 0 Å². The number of nitrogens with zero attached hydrogens (tertiary/aromatic N) is 4. The van der Waals surface area contributed by atoms with E-state index >= 15 is 0 Å². The molecule has 6 nitrogen and oxygen atoms in total. The molecule has 0 saturated carbocycles. The highest BCUT2D eigenvalue weighted by Crippen LogP contribution is 2.36. The molecule has 0 aliphatic carbocycles. The summed E-state index contributed by atoms with van der Waals surface area (Å²) in [7, 11) is 0. The third-order valence-electron chi connectivity index (χ3n) is 4.83. The van der Waals surface area contributed by atoms with Gasteiger partial charge in [0.2, 0.25) is 5.82 Å². The van der Waals surface area contributed by atoms with E-state index in [9.17, 15) is 0 Å². The topological polar surface area (TPSA) is 72.5 Å². The molecular formula is C22H14Cl3N5O. The maximum Gasteiger partial charge on any atom is 0.202 e. The maximum atomic E-state index is 6.51. The lowest BCUT2D eigenvalue weighted by atomic mass is 10.1. The first-order valence-corrected chi connectivity index (χ1v) is 10.4. The first-order chi connectivity index (χ1) is 15.0. The van der Waals surface area contributed by atoms with E-state index in [0.29, 0.717) is 43.9 Å². The molecule has 5 rings (SSSR count). The van der Waals surface area contributed by atoms with Gasteiger partial charge in [-0.05, 0) is 49.4 Å². The number of furan rings is 1. The van der Waals surface area contributed by atoms with Crippen molar-refractivity contribution in [2.75, 3.05) is 0 Å². The van der Waals surface area contributed by atoms with E-state index in [1.54, 1.807) is 29.1 Å². The number of nitrogens with one attached hydrogen (secondary N) is 1. The maximum absolute atomic E-state index is 6.51. The molecule has 31 heavy (non-hydrogen) atoms. The van der Waals surface area contributed by atoms with E-state index in [4.69, 9.17) is 44.3 Å². The van der Waals surface area contributed by atoms with E-state index in [0.717, 1.165) is 16.8 Å². The second-order valence-corrected chi connectivity index (χ2v) is 8.10. The molecule has 3 aromatic heterocycles. The summed E-state index contributed by atoms with van der Waals surface area (Å²) >= 11 is 18.7. The Labute approximate surface area is 192 Å². The van der Waals surface area contributed by atoms with Crippen molar-refractivity contribution in [1.29, 1.82) is 0 Å². The van der Waals surface area contributed by atoms with Gasteiger partial charge in [0.15, 0.2) is 11.6 Å². The number of rotatable bonds is 4. The third-order valence-corrected chi connectivity index (χ3v) is 5.62. The van der Waals surface area contributed by atoms with Gasteiger partial charge in [-0.3, -0.25) is 5.10 Å². The average Bonchev–Trinajstić information content (AvgIpc) is 3.48. The van der Waals surface area contributed by atoms with Crippen molar-refractivity contribution >= 4 is 34.8 Å². The number of aromatic amines is 1. The molecule has 0 fully saturated rings. The largest absolute Gasteiger partial charge is 0.461 e. The Morgan fingerprint density at radius 3 is 2.45 bits per heavy atom. The molecule has 2 aromatic carbocycles. The Kier molecular flexibility index (Phi) is 5.06. The van der Waals surface area contributed by atoms with Crippen molar-refractivity contribution in [1.82, 2.24) is 25.0 Å². The lowest BCUT2D eigenvalue weighted by molar-refractivity contribution is 0.577. The highest BCUT2D eigenvalue weighted by molar-refractivity contribution is 6.35. The fraction of sp³-hybridized carbons (Fsp3) is 0.0455. The highest BCUT2D eigenvalue weighted by Gasteiger charge is 2.23. The van der Waals surface area contributed by atoms with E-state index in [1.807, 2.05) is 43.3 Å². The van der Waals surface area contributed by atoms with Crippen molar-refractivity contribution in [3.05, 3.63) is 81.5 Å². The van der Waals surface area contributed by atoms with Gasteiger partial charge in [0.1, 0.15) is 5.69 Å². The second kappa shape index (κ2) is 7.89. The summed E-state index contributed by atoms with van der Waals surface area (Å²) < 4.78 is 7.18. The van der Waals surface area contributed by atoms with Crippen LogP contribution in [0.25, 0.3) is 40.0 Å². The van der Waals surface area contributed by atoms with Crippen LogP contribution in [0.3, 0.4) is 0 Å². The molecule has 154 valence electrons. The van der Waals surface area contributed by atoms with Gasteiger partial charge in [-0.25, -0.2) is 9.67 Å². The van der Waals surface area contributed by atoms with E-state index in [1.165, 1.54) is 0 Å². The predicted molar refractivity (Wildman–Crippen MR) is 122 cm³/mol. The third kappa shape index (κ3) is 3.63. The first-order valence-electron chi connectivity index (χ1n) is 9.29. The smallest absolute Gasteiger partial charge is 0.202 e. The van der Waals surface area contributed by atoms with Crippen LogP contribution in [0.15, 0.2) is 65.3 Å². The minimum atomic E-state index is 0.447. The number of H-pyrrole nitrogens is 1. The first kappa shape index (κ1) is 19.9. The van der Waals surface area contributed by atoms with Gasteiger partial charge in [-0.1, -0.05) is 46.9 Å². The lowest BCUT2D eigenvalue weighted by Crippen LogP contribution is -2.00. The summed E-state index contributed by atoms with van der Waals surface area (Å²) in [5, 5.41) is 13.7. The Balaban J connectivity index is 1.71. The second-order valence-electron chi connectivity index (χ2n) is 6.82. The standard InChI is InChI=1S/C22H14Cl3N5O/c1-12-19(22-26-21(27-28-22)18-3-2-10-31-18)29-30(17-9-8-15(24)11-16(17)25)20(12)13-4-6-14(23)7-5-13/h2-11H,1H3,(H,26,27,28). The van der Waals surface area contributed by atoms with Crippen LogP contribution in [0.1, 0.15) is 5.56 Å². The van der Waals surface area contributed by atoms with Crippen LogP contribution < -0.4 is 0 Å². The Bertz CT molecular complexity index is 1370. The quantitative estimate of drug-likeness (QED) is 0.312. The van der Waals surface area contributed by atoms with Gasteiger partial charge in [0.05, 0.1) is 22.7 Å². The number of hydrogen-bond acceptors (Lipinski definition) is 4. The fourth-order valence-corrected chi connectivity index (χ4v) is 3.99.